The van der Waals surface area contributed by atoms with Crippen LogP contribution in [-0.4, -0.2) is 220 Å². The van der Waals surface area contributed by atoms with Crippen LogP contribution in [0, 0.1) is 29.6 Å². The molecule has 0 aliphatic carbocycles. The summed E-state index contributed by atoms with van der Waals surface area (Å²) in [4.78, 5) is 236. The number of fused-ring (bicyclic) bond motifs is 1. The van der Waals surface area contributed by atoms with Crippen LogP contribution in [0.1, 0.15) is 204 Å². The maximum absolute atomic E-state index is 14.8. The Morgan fingerprint density at radius 3 is 1.13 bits per heavy atom. The van der Waals surface area contributed by atoms with Gasteiger partial charge >= 0.3 is 11.9 Å². The number of carboxylic acids is 2. The number of carbonyl (C=O) groups is 17. The van der Waals surface area contributed by atoms with Crippen LogP contribution in [0.4, 0.5) is 0 Å². The molecule has 2 aromatic rings. The number of para-hydroxylation sites is 1. The Bertz CT molecular complexity index is 3650. The van der Waals surface area contributed by atoms with Crippen LogP contribution >= 0.6 is 0 Å². The molecule has 39 nitrogen and oxygen atoms in total. The number of hydrogen-bond acceptors (Lipinski definition) is 21. The van der Waals surface area contributed by atoms with E-state index in [1.54, 1.807) is 85.9 Å². The summed E-state index contributed by atoms with van der Waals surface area (Å²) in [5.74, 6) is -18.5. The summed E-state index contributed by atoms with van der Waals surface area (Å²) in [6.45, 7) is 20.4. The third-order valence-electron chi connectivity index (χ3n) is 19.7. The first-order valence-electron chi connectivity index (χ1n) is 40.4. The second-order valence-electron chi connectivity index (χ2n) is 31.3. The molecule has 15 amide bonds. The van der Waals surface area contributed by atoms with Crippen molar-refractivity contribution in [2.45, 2.75) is 290 Å². The zero-order chi connectivity index (χ0) is 88.5. The fourth-order valence-electron chi connectivity index (χ4n) is 12.4. The topological polar surface area (TPSA) is 659 Å². The average Bonchev–Trinajstić information content (AvgIpc) is 1.70. The molecule has 0 fully saturated rings. The Morgan fingerprint density at radius 2 is 0.709 bits per heavy atom. The minimum absolute atomic E-state index is 0.0513. The molecule has 0 bridgehead atoms. The number of nitrogens with one attached hydrogen (secondary N) is 14. The third-order valence-corrected chi connectivity index (χ3v) is 19.7. The van der Waals surface area contributed by atoms with E-state index in [1.165, 1.54) is 13.8 Å². The van der Waals surface area contributed by atoms with Crippen LogP contribution in [0.15, 0.2) is 30.5 Å². The van der Waals surface area contributed by atoms with Crippen molar-refractivity contribution in [2.75, 3.05) is 19.6 Å². The molecule has 28 N–H and O–H groups in total. The Kier molecular flexibility index (Phi) is 46.5. The largest absolute Gasteiger partial charge is 0.481 e. The van der Waals surface area contributed by atoms with Crippen molar-refractivity contribution in [1.82, 2.24) is 74.1 Å². The molecule has 0 radical (unpaired) electrons. The van der Waals surface area contributed by atoms with Gasteiger partial charge in [0, 0.05) is 29.9 Å². The van der Waals surface area contributed by atoms with E-state index in [4.69, 9.17) is 34.4 Å². The number of hydrogen-bond donors (Lipinski definition) is 22. The highest BCUT2D eigenvalue weighted by molar-refractivity contribution is 6.01. The zero-order valence-electron chi connectivity index (χ0n) is 69.7. The fraction of sp³-hybridized carbons (Fsp3) is 0.679. The summed E-state index contributed by atoms with van der Waals surface area (Å²) in [6.07, 6.45) is 1.32. The molecular formula is C78H132N20O19. The number of carboxylic acid groups (broad SMARTS) is 2. The monoisotopic (exact) mass is 1650 g/mol. The van der Waals surface area contributed by atoms with Gasteiger partial charge in [-0.15, -0.1) is 0 Å². The van der Waals surface area contributed by atoms with Crippen LogP contribution in [0.5, 0.6) is 0 Å². The maximum atomic E-state index is 14.8. The molecule has 117 heavy (non-hydrogen) atoms. The molecule has 0 saturated carbocycles. The second kappa shape index (κ2) is 53.0. The number of amides is 15. The van der Waals surface area contributed by atoms with Gasteiger partial charge in [-0.25, -0.2) is 0 Å². The van der Waals surface area contributed by atoms with E-state index in [0.29, 0.717) is 48.6 Å². The highest BCUT2D eigenvalue weighted by Crippen LogP contribution is 2.21. The average molecular weight is 1650 g/mol. The van der Waals surface area contributed by atoms with E-state index < -0.39 is 210 Å². The van der Waals surface area contributed by atoms with Crippen molar-refractivity contribution in [3.05, 3.63) is 36.0 Å². The Hall–Kier alpha value is -10.4. The number of primary amides is 2. The second-order valence-corrected chi connectivity index (χ2v) is 31.3. The first-order chi connectivity index (χ1) is 55.0. The quantitative estimate of drug-likeness (QED) is 0.0310. The van der Waals surface area contributed by atoms with E-state index in [-0.39, 0.29) is 114 Å². The highest BCUT2D eigenvalue weighted by Gasteiger charge is 2.39. The highest BCUT2D eigenvalue weighted by atomic mass is 16.4. The fourth-order valence-corrected chi connectivity index (χ4v) is 12.4. The summed E-state index contributed by atoms with van der Waals surface area (Å²) in [5, 5.41) is 53.7. The van der Waals surface area contributed by atoms with Gasteiger partial charge in [-0.2, -0.15) is 0 Å². The third kappa shape index (κ3) is 37.6. The van der Waals surface area contributed by atoms with E-state index in [0.717, 1.165) is 0 Å². The van der Waals surface area contributed by atoms with Gasteiger partial charge in [-0.1, -0.05) is 100 Å². The standard InChI is InChI=1S/C78H132N20O19/c1-13-43(9)63(83)77(116)97-59(38-62(102)103)76(115)95-57(36-47-39-85-49-24-16-15-23-48(47)49)75(114)90-51(26-18-21-31-80)69(108)89-52(27-19-22-32-81)70(109)93-55(34-41(5)6)73(112)94-56(35-42(7)8)74(113)96-58(37-61(100)101)72(111)87-45(11)66(105)86-46(12)67(106)88-50(25-17-20-30-79)68(107)91-53(28-29-60(82)99)71(110)98-64(44(10)14-2)78(117)92-54(65(84)104)33-40(3)4/h15-16,23-24,39-46,50-59,63-64,85H,13-14,17-22,25-38,79-81,83H2,1-12H3,(H2,82,99)(H2,84,104)(H,86,105)(H,87,111)(H,88,106)(H,89,108)(H,90,114)(H,91,107)(H,92,117)(H,93,109)(H,94,112)(H,95,115)(H,96,113)(H,97,116)(H,98,110)(H,100,101)(H,102,103)/t43-,44-,45-,46-,50-,51-,52-,53-,54-,55-,56-,57-,58-,59-,63-,64-/m0/s1. The Balaban J connectivity index is 2.46. The molecule has 16 atom stereocenters. The number of aliphatic carboxylic acids is 2. The smallest absolute Gasteiger partial charge is 0.305 e. The molecule has 0 saturated heterocycles. The predicted molar refractivity (Wildman–Crippen MR) is 435 cm³/mol. The molecular weight excluding hydrogens is 1520 g/mol. The molecule has 1 heterocycles. The van der Waals surface area contributed by atoms with Crippen molar-refractivity contribution in [2.24, 2.45) is 64.0 Å². The first-order valence-corrected chi connectivity index (χ1v) is 40.4. The summed E-state index contributed by atoms with van der Waals surface area (Å²) >= 11 is 0. The van der Waals surface area contributed by atoms with Crippen LogP contribution in [0.3, 0.4) is 0 Å². The first kappa shape index (κ1) is 103. The number of nitrogens with two attached hydrogens (primary N) is 6. The van der Waals surface area contributed by atoms with Gasteiger partial charge in [0.25, 0.3) is 0 Å². The molecule has 1 aromatic heterocycles. The Labute approximate surface area is 683 Å². The summed E-state index contributed by atoms with van der Waals surface area (Å²) in [6, 6.07) is -13.2. The van der Waals surface area contributed by atoms with Gasteiger partial charge in [-0.3, -0.25) is 81.5 Å². The molecule has 1 aromatic carbocycles. The number of aromatic amines is 1. The SMILES string of the molecule is CC[C@H](C)[C@H](N)C(=O)N[C@@H](CC(=O)O)C(=O)N[C@@H](Cc1c[nH]c2ccccc12)C(=O)N[C@@H](CCCCN)C(=O)N[C@@H](CCCCN)C(=O)N[C@@H](CC(C)C)C(=O)N[C@@H](CC(C)C)C(=O)N[C@@H](CC(=O)O)C(=O)N[C@@H](C)C(=O)N[C@@H](C)C(=O)N[C@@H](CCCCN)C(=O)N[C@@H](CCC(N)=O)C(=O)N[C@H](C(=O)N[C@@H](CC(C)C)C(N)=O)[C@@H](C)CC. The lowest BCUT2D eigenvalue weighted by atomic mass is 9.96. The van der Waals surface area contributed by atoms with Crippen molar-refractivity contribution >= 4 is 111 Å². The number of unbranched alkanes of at least 4 members (excludes halogenated alkanes) is 3. The van der Waals surface area contributed by atoms with E-state index >= 15 is 0 Å². The van der Waals surface area contributed by atoms with Crippen LogP contribution in [-0.2, 0) is 87.9 Å². The van der Waals surface area contributed by atoms with Crippen molar-refractivity contribution in [3.8, 4) is 0 Å². The van der Waals surface area contributed by atoms with E-state index in [2.05, 4.69) is 74.1 Å². The number of rotatable bonds is 58. The molecule has 2 rings (SSSR count). The van der Waals surface area contributed by atoms with Crippen LogP contribution in [0.2, 0.25) is 0 Å². The number of benzene rings is 1. The van der Waals surface area contributed by atoms with Crippen LogP contribution in [0.25, 0.3) is 10.9 Å². The molecule has 39 heteroatoms. The summed E-state index contributed by atoms with van der Waals surface area (Å²) in [7, 11) is 0. The van der Waals surface area contributed by atoms with E-state index in [1.807, 2.05) is 13.8 Å². The summed E-state index contributed by atoms with van der Waals surface area (Å²) in [5.41, 5.74) is 35.9. The normalized spacial score (nSPS) is 15.5. The van der Waals surface area contributed by atoms with Gasteiger partial charge in [0.05, 0.1) is 18.9 Å². The van der Waals surface area contributed by atoms with Crippen molar-refractivity contribution < 1.29 is 91.7 Å². The molecule has 0 aliphatic heterocycles. The molecule has 0 unspecified atom stereocenters. The van der Waals surface area contributed by atoms with Crippen molar-refractivity contribution in [3.63, 3.8) is 0 Å². The van der Waals surface area contributed by atoms with Gasteiger partial charge in [0.1, 0.15) is 78.5 Å². The molecule has 0 spiro atoms. The van der Waals surface area contributed by atoms with E-state index in [9.17, 15) is 91.7 Å². The van der Waals surface area contributed by atoms with Crippen LogP contribution < -0.4 is 104 Å². The van der Waals surface area contributed by atoms with Gasteiger partial charge in [0.2, 0.25) is 88.6 Å². The van der Waals surface area contributed by atoms with Gasteiger partial charge in [-0.05, 0) is 158 Å². The van der Waals surface area contributed by atoms with Gasteiger partial charge < -0.3 is 119 Å². The zero-order valence-corrected chi connectivity index (χ0v) is 69.7. The number of H-pyrrole nitrogens is 1. The number of aromatic nitrogens is 1. The predicted octanol–water partition coefficient (Wildman–Crippen LogP) is -2.30. The minimum Gasteiger partial charge on any atom is -0.481 e. The number of carbonyl (C=O) groups excluding carboxylic acids is 15. The summed E-state index contributed by atoms with van der Waals surface area (Å²) < 4.78 is 0. The lowest BCUT2D eigenvalue weighted by Crippen LogP contribution is -2.61. The molecule has 0 aliphatic rings. The lowest BCUT2D eigenvalue weighted by molar-refractivity contribution is -0.142. The van der Waals surface area contributed by atoms with Gasteiger partial charge in [0.15, 0.2) is 0 Å². The lowest BCUT2D eigenvalue weighted by Gasteiger charge is -2.29. The molecule has 658 valence electrons. The Morgan fingerprint density at radius 1 is 0.376 bits per heavy atom. The van der Waals surface area contributed by atoms with Crippen molar-refractivity contribution in [1.29, 1.82) is 0 Å². The minimum atomic E-state index is -1.91. The maximum Gasteiger partial charge on any atom is 0.305 e.